The van der Waals surface area contributed by atoms with Crippen LogP contribution in [0.25, 0.3) is 0 Å². The number of anilines is 1. The molecule has 0 radical (unpaired) electrons. The van der Waals surface area contributed by atoms with Crippen LogP contribution in [0.4, 0.5) is 18.9 Å². The minimum Gasteiger partial charge on any atom is -0.369 e. The van der Waals surface area contributed by atoms with Gasteiger partial charge in [0, 0.05) is 5.69 Å². The zero-order chi connectivity index (χ0) is 19.3. The normalized spacial score (nSPS) is 13.0. The van der Waals surface area contributed by atoms with Crippen LogP contribution < -0.4 is 16.8 Å². The Morgan fingerprint density at radius 1 is 1.04 bits per heavy atom. The predicted octanol–water partition coefficient (Wildman–Crippen LogP) is 4.25. The van der Waals surface area contributed by atoms with E-state index in [0.717, 1.165) is 17.7 Å². The standard InChI is InChI=1S/C16H14Cl2F3N5/c17-12-5-4-9(6-13(12)18)8-24-14(22)26-15(23)25-11-3-1-2-10(7-11)16(19,20)21/h1-7H,8H2,(H5,22,23,24,25,26). The third-order valence-corrected chi connectivity index (χ3v) is 3.84. The molecule has 5 nitrogen and oxygen atoms in total. The van der Waals surface area contributed by atoms with Gasteiger partial charge in [0.15, 0.2) is 0 Å². The van der Waals surface area contributed by atoms with Crippen molar-refractivity contribution in [3.8, 4) is 0 Å². The molecule has 0 spiro atoms. The maximum absolute atomic E-state index is 12.7. The van der Waals surface area contributed by atoms with Crippen molar-refractivity contribution < 1.29 is 13.2 Å². The fraction of sp³-hybridized carbons (Fsp3) is 0.125. The maximum Gasteiger partial charge on any atom is 0.416 e. The van der Waals surface area contributed by atoms with Gasteiger partial charge in [-0.2, -0.15) is 18.2 Å². The zero-order valence-corrected chi connectivity index (χ0v) is 14.7. The molecule has 138 valence electrons. The molecule has 0 saturated carbocycles. The first-order valence-corrected chi connectivity index (χ1v) is 7.93. The summed E-state index contributed by atoms with van der Waals surface area (Å²) in [5.41, 5.74) is 11.4. The fourth-order valence-electron chi connectivity index (χ4n) is 1.92. The zero-order valence-electron chi connectivity index (χ0n) is 13.2. The second kappa shape index (κ2) is 8.29. The summed E-state index contributed by atoms with van der Waals surface area (Å²) < 4.78 is 38.1. The number of nitrogens with one attached hydrogen (secondary N) is 1. The number of aliphatic imine (C=N–C) groups is 2. The molecule has 0 aliphatic carbocycles. The minimum absolute atomic E-state index is 0.123. The SMILES string of the molecule is NC(=NCc1ccc(Cl)c(Cl)c1)/N=C(\N)Nc1cccc(C(F)(F)F)c1. The first kappa shape index (κ1) is 19.9. The predicted molar refractivity (Wildman–Crippen MR) is 98.5 cm³/mol. The number of guanidine groups is 2. The van der Waals surface area contributed by atoms with Crippen LogP contribution in [0.1, 0.15) is 11.1 Å². The number of alkyl halides is 3. The molecule has 0 heterocycles. The topological polar surface area (TPSA) is 88.8 Å². The van der Waals surface area contributed by atoms with Gasteiger partial charge in [-0.3, -0.25) is 0 Å². The van der Waals surface area contributed by atoms with E-state index in [1.165, 1.54) is 12.1 Å². The van der Waals surface area contributed by atoms with E-state index in [4.69, 9.17) is 34.7 Å². The van der Waals surface area contributed by atoms with Gasteiger partial charge in [0.2, 0.25) is 11.9 Å². The van der Waals surface area contributed by atoms with E-state index in [1.54, 1.807) is 18.2 Å². The molecule has 10 heteroatoms. The van der Waals surface area contributed by atoms with Crippen LogP contribution in [0.15, 0.2) is 52.4 Å². The van der Waals surface area contributed by atoms with Crippen LogP contribution in [0, 0.1) is 0 Å². The largest absolute Gasteiger partial charge is 0.416 e. The quantitative estimate of drug-likeness (QED) is 0.528. The number of benzene rings is 2. The molecular weight excluding hydrogens is 390 g/mol. The Morgan fingerprint density at radius 3 is 2.42 bits per heavy atom. The number of nitrogens with two attached hydrogens (primary N) is 2. The Morgan fingerprint density at radius 2 is 1.77 bits per heavy atom. The fourth-order valence-corrected chi connectivity index (χ4v) is 2.24. The third-order valence-electron chi connectivity index (χ3n) is 3.10. The molecule has 0 unspecified atom stereocenters. The molecule has 2 aromatic rings. The average molecular weight is 404 g/mol. The van der Waals surface area contributed by atoms with Crippen molar-refractivity contribution in [1.29, 1.82) is 0 Å². The van der Waals surface area contributed by atoms with Gasteiger partial charge in [-0.05, 0) is 35.9 Å². The van der Waals surface area contributed by atoms with E-state index >= 15 is 0 Å². The Kier molecular flexibility index (Phi) is 6.33. The smallest absolute Gasteiger partial charge is 0.369 e. The number of halogens is 5. The van der Waals surface area contributed by atoms with Gasteiger partial charge >= 0.3 is 6.18 Å². The first-order valence-electron chi connectivity index (χ1n) is 7.17. The molecule has 0 fully saturated rings. The van der Waals surface area contributed by atoms with E-state index in [9.17, 15) is 13.2 Å². The van der Waals surface area contributed by atoms with E-state index in [0.29, 0.717) is 10.0 Å². The lowest BCUT2D eigenvalue weighted by Crippen LogP contribution is -2.26. The molecule has 0 atom stereocenters. The van der Waals surface area contributed by atoms with Gasteiger partial charge in [-0.1, -0.05) is 35.3 Å². The second-order valence-electron chi connectivity index (χ2n) is 5.12. The van der Waals surface area contributed by atoms with Gasteiger partial charge in [0.25, 0.3) is 0 Å². The second-order valence-corrected chi connectivity index (χ2v) is 5.94. The number of hydrogen-bond donors (Lipinski definition) is 3. The summed E-state index contributed by atoms with van der Waals surface area (Å²) in [5, 5.41) is 3.33. The van der Waals surface area contributed by atoms with E-state index in [2.05, 4.69) is 15.3 Å². The molecule has 5 N–H and O–H groups in total. The Hall–Kier alpha value is -2.45. The summed E-state index contributed by atoms with van der Waals surface area (Å²) in [7, 11) is 0. The minimum atomic E-state index is -4.45. The molecule has 0 aliphatic heterocycles. The summed E-state index contributed by atoms with van der Waals surface area (Å²) >= 11 is 11.7. The van der Waals surface area contributed by atoms with Crippen LogP contribution in [0.3, 0.4) is 0 Å². The monoisotopic (exact) mass is 403 g/mol. The van der Waals surface area contributed by atoms with E-state index in [-0.39, 0.29) is 24.2 Å². The van der Waals surface area contributed by atoms with E-state index in [1.807, 2.05) is 0 Å². The highest BCUT2D eigenvalue weighted by atomic mass is 35.5. The van der Waals surface area contributed by atoms with Crippen molar-refractivity contribution in [2.75, 3.05) is 5.32 Å². The van der Waals surface area contributed by atoms with Crippen molar-refractivity contribution >= 4 is 40.8 Å². The van der Waals surface area contributed by atoms with E-state index < -0.39 is 11.7 Å². The third kappa shape index (κ3) is 5.82. The van der Waals surface area contributed by atoms with Crippen LogP contribution >= 0.6 is 23.2 Å². The van der Waals surface area contributed by atoms with Gasteiger partial charge in [0.1, 0.15) is 0 Å². The summed E-state index contributed by atoms with van der Waals surface area (Å²) in [6, 6.07) is 9.50. The molecule has 0 bridgehead atoms. The van der Waals surface area contributed by atoms with Gasteiger partial charge in [-0.15, -0.1) is 0 Å². The summed E-state index contributed by atoms with van der Waals surface area (Å²) in [6.45, 7) is 0.184. The lowest BCUT2D eigenvalue weighted by Gasteiger charge is -2.10. The number of rotatable bonds is 3. The molecule has 26 heavy (non-hydrogen) atoms. The van der Waals surface area contributed by atoms with Gasteiger partial charge < -0.3 is 16.8 Å². The van der Waals surface area contributed by atoms with Crippen LogP contribution in [0.5, 0.6) is 0 Å². The van der Waals surface area contributed by atoms with Crippen LogP contribution in [-0.4, -0.2) is 11.9 Å². The lowest BCUT2D eigenvalue weighted by atomic mass is 10.2. The average Bonchev–Trinajstić information content (AvgIpc) is 2.55. The molecule has 0 amide bonds. The lowest BCUT2D eigenvalue weighted by molar-refractivity contribution is -0.137. The Labute approximate surface area is 157 Å². The Bertz CT molecular complexity index is 850. The molecule has 2 rings (SSSR count). The highest BCUT2D eigenvalue weighted by molar-refractivity contribution is 6.42. The number of nitrogens with zero attached hydrogens (tertiary/aromatic N) is 2. The van der Waals surface area contributed by atoms with Gasteiger partial charge in [0.05, 0.1) is 22.2 Å². The van der Waals surface area contributed by atoms with Crippen molar-refractivity contribution in [3.63, 3.8) is 0 Å². The molecule has 0 saturated heterocycles. The van der Waals surface area contributed by atoms with Gasteiger partial charge in [-0.25, -0.2) is 4.99 Å². The summed E-state index contributed by atoms with van der Waals surface area (Å²) in [4.78, 5) is 7.80. The summed E-state index contributed by atoms with van der Waals surface area (Å²) in [5.74, 6) is -0.340. The molecular formula is C16H14Cl2F3N5. The van der Waals surface area contributed by atoms with Crippen LogP contribution in [-0.2, 0) is 12.7 Å². The Balaban J connectivity index is 2.05. The highest BCUT2D eigenvalue weighted by Gasteiger charge is 2.30. The summed E-state index contributed by atoms with van der Waals surface area (Å²) in [6.07, 6.45) is -4.45. The van der Waals surface area contributed by atoms with Crippen molar-refractivity contribution in [2.24, 2.45) is 21.5 Å². The number of hydrogen-bond acceptors (Lipinski definition) is 1. The van der Waals surface area contributed by atoms with Crippen molar-refractivity contribution in [2.45, 2.75) is 12.7 Å². The molecule has 2 aromatic carbocycles. The molecule has 0 aliphatic rings. The van der Waals surface area contributed by atoms with Crippen molar-refractivity contribution in [3.05, 3.63) is 63.6 Å². The van der Waals surface area contributed by atoms with Crippen LogP contribution in [0.2, 0.25) is 10.0 Å². The highest BCUT2D eigenvalue weighted by Crippen LogP contribution is 2.30. The maximum atomic E-state index is 12.7. The molecule has 0 aromatic heterocycles. The van der Waals surface area contributed by atoms with Crippen molar-refractivity contribution in [1.82, 2.24) is 0 Å². The first-order chi connectivity index (χ1) is 12.1.